The molecule has 0 aromatic rings. The van der Waals surface area contributed by atoms with Crippen LogP contribution >= 0.6 is 0 Å². The summed E-state index contributed by atoms with van der Waals surface area (Å²) in [6, 6.07) is 0. The van der Waals surface area contributed by atoms with Gasteiger partial charge in [-0.2, -0.15) is 0 Å². The molecule has 68 valence electrons. The number of nitrogens with two attached hydrogens (primary N) is 1. The Bertz CT molecular complexity index is 182. The monoisotopic (exact) mass is 174 g/mol. The smallest absolute Gasteiger partial charge is 0.286 e. The minimum absolute atomic E-state index is 0.0719. The van der Waals surface area contributed by atoms with Gasteiger partial charge in [0.1, 0.15) is 0 Å². The van der Waals surface area contributed by atoms with Crippen molar-refractivity contribution in [2.45, 2.75) is 12.8 Å². The van der Waals surface area contributed by atoms with Crippen molar-refractivity contribution in [1.82, 2.24) is 10.9 Å². The topological polar surface area (TPSA) is 114 Å². The normalized spacial score (nSPS) is 9.08. The highest BCUT2D eigenvalue weighted by Gasteiger charge is 2.05. The molecule has 2 amide bonds. The summed E-state index contributed by atoms with van der Waals surface area (Å²) in [5.74, 6) is -1.24. The number of hydrogen-bond acceptors (Lipinski definition) is 5. The van der Waals surface area contributed by atoms with Gasteiger partial charge in [-0.15, -0.1) is 4.91 Å². The lowest BCUT2D eigenvalue weighted by Crippen LogP contribution is -2.40. The minimum Gasteiger partial charge on any atom is -0.317 e. The molecule has 0 rings (SSSR count). The van der Waals surface area contributed by atoms with Crippen molar-refractivity contribution in [2.75, 3.05) is 6.67 Å². The number of nitroso groups, excluding NO2 is 1. The number of rotatable bonds is 5. The molecule has 0 saturated heterocycles. The second kappa shape index (κ2) is 6.38. The van der Waals surface area contributed by atoms with Crippen molar-refractivity contribution in [2.24, 2.45) is 10.9 Å². The van der Waals surface area contributed by atoms with Gasteiger partial charge in [0.15, 0.2) is 0 Å². The molecule has 7 nitrogen and oxygen atoms in total. The SMILES string of the molecule is NCNNC(=O)CCC(=O)N=O. The quantitative estimate of drug-likeness (QED) is 0.269. The Morgan fingerprint density at radius 2 is 2.00 bits per heavy atom. The lowest BCUT2D eigenvalue weighted by atomic mass is 10.3. The molecule has 0 saturated carbocycles. The summed E-state index contributed by atoms with van der Waals surface area (Å²) in [6.45, 7) is 0.103. The van der Waals surface area contributed by atoms with Crippen LogP contribution < -0.4 is 16.6 Å². The van der Waals surface area contributed by atoms with Gasteiger partial charge in [-0.05, 0) is 0 Å². The predicted molar refractivity (Wildman–Crippen MR) is 40.4 cm³/mol. The summed E-state index contributed by atoms with van der Waals surface area (Å²) in [4.78, 5) is 30.5. The highest BCUT2D eigenvalue weighted by molar-refractivity contribution is 5.83. The minimum atomic E-state index is -0.835. The van der Waals surface area contributed by atoms with Crippen LogP contribution in [0.2, 0.25) is 0 Å². The fourth-order valence-electron chi connectivity index (χ4n) is 0.478. The van der Waals surface area contributed by atoms with Crippen molar-refractivity contribution < 1.29 is 9.59 Å². The number of hydrogen-bond donors (Lipinski definition) is 3. The number of carbonyl (C=O) groups is 2. The summed E-state index contributed by atoms with van der Waals surface area (Å²) in [5.41, 5.74) is 9.55. The summed E-state index contributed by atoms with van der Waals surface area (Å²) in [7, 11) is 0. The van der Waals surface area contributed by atoms with E-state index in [-0.39, 0.29) is 19.5 Å². The average molecular weight is 174 g/mol. The lowest BCUT2D eigenvalue weighted by molar-refractivity contribution is -0.125. The maximum atomic E-state index is 10.7. The number of nitrogens with zero attached hydrogens (tertiary/aromatic N) is 1. The Hall–Kier alpha value is -1.34. The largest absolute Gasteiger partial charge is 0.317 e. The van der Waals surface area contributed by atoms with Crippen LogP contribution in [0.15, 0.2) is 5.18 Å². The molecule has 0 unspecified atom stereocenters. The Balaban J connectivity index is 3.43. The van der Waals surface area contributed by atoms with Crippen LogP contribution in [0, 0.1) is 4.91 Å². The molecule has 0 radical (unpaired) electrons. The summed E-state index contributed by atoms with van der Waals surface area (Å²) in [6.07, 6.45) is -0.251. The van der Waals surface area contributed by atoms with Crippen LogP contribution in [0.1, 0.15) is 12.8 Å². The molecule has 0 aliphatic carbocycles. The van der Waals surface area contributed by atoms with E-state index in [0.29, 0.717) is 0 Å². The van der Waals surface area contributed by atoms with E-state index in [9.17, 15) is 14.5 Å². The Morgan fingerprint density at radius 1 is 1.33 bits per heavy atom. The third kappa shape index (κ3) is 5.45. The van der Waals surface area contributed by atoms with Crippen LogP contribution in [-0.4, -0.2) is 18.5 Å². The van der Waals surface area contributed by atoms with Gasteiger partial charge in [-0.25, -0.2) is 5.43 Å². The zero-order valence-electron chi connectivity index (χ0n) is 6.37. The van der Waals surface area contributed by atoms with Crippen LogP contribution in [0.5, 0.6) is 0 Å². The van der Waals surface area contributed by atoms with Gasteiger partial charge in [0.05, 0.1) is 6.67 Å². The van der Waals surface area contributed by atoms with E-state index in [1.54, 1.807) is 0 Å². The van der Waals surface area contributed by atoms with E-state index < -0.39 is 11.8 Å². The molecule has 0 aliphatic rings. The van der Waals surface area contributed by atoms with Crippen molar-refractivity contribution in [3.05, 3.63) is 4.91 Å². The molecular formula is C5H10N4O3. The Kier molecular flexibility index (Phi) is 5.66. The molecule has 0 fully saturated rings. The molecule has 0 atom stereocenters. The molecule has 12 heavy (non-hydrogen) atoms. The van der Waals surface area contributed by atoms with Crippen LogP contribution in [0.4, 0.5) is 0 Å². The highest BCUT2D eigenvalue weighted by atomic mass is 16.3. The van der Waals surface area contributed by atoms with Crippen molar-refractivity contribution >= 4 is 11.8 Å². The van der Waals surface area contributed by atoms with Crippen molar-refractivity contribution in [3.63, 3.8) is 0 Å². The first-order valence-corrected chi connectivity index (χ1v) is 3.28. The maximum absolute atomic E-state index is 10.7. The molecule has 0 aromatic carbocycles. The summed E-state index contributed by atoms with van der Waals surface area (Å²) < 4.78 is 0. The first-order valence-electron chi connectivity index (χ1n) is 3.28. The number of amides is 2. The van der Waals surface area contributed by atoms with E-state index in [2.05, 4.69) is 16.0 Å². The highest BCUT2D eigenvalue weighted by Crippen LogP contribution is 1.90. The molecule has 4 N–H and O–H groups in total. The first kappa shape index (κ1) is 10.7. The lowest BCUT2D eigenvalue weighted by Gasteiger charge is -2.01. The molecule has 0 bridgehead atoms. The van der Waals surface area contributed by atoms with E-state index in [4.69, 9.17) is 5.73 Å². The number of carbonyl (C=O) groups excluding carboxylic acids is 2. The van der Waals surface area contributed by atoms with Gasteiger partial charge in [-0.3, -0.25) is 15.0 Å². The Labute approximate surface area is 68.6 Å². The van der Waals surface area contributed by atoms with E-state index in [1.807, 2.05) is 0 Å². The number of hydrazine groups is 1. The zero-order chi connectivity index (χ0) is 9.40. The van der Waals surface area contributed by atoms with Gasteiger partial charge >= 0.3 is 0 Å². The predicted octanol–water partition coefficient (Wildman–Crippen LogP) is -1.40. The summed E-state index contributed by atoms with van der Waals surface area (Å²) >= 11 is 0. The fraction of sp³-hybridized carbons (Fsp3) is 0.600. The standard InChI is InChI=1S/C5H10N4O3/c6-3-7-8-4(10)1-2-5(11)9-12/h7H,1-3,6H2,(H,8,10). The first-order chi connectivity index (χ1) is 5.70. The van der Waals surface area contributed by atoms with Crippen LogP contribution in [0.3, 0.4) is 0 Å². The van der Waals surface area contributed by atoms with Crippen molar-refractivity contribution in [1.29, 1.82) is 0 Å². The molecule has 0 aromatic heterocycles. The second-order valence-electron chi connectivity index (χ2n) is 1.91. The van der Waals surface area contributed by atoms with E-state index in [1.165, 1.54) is 0 Å². The van der Waals surface area contributed by atoms with Gasteiger partial charge in [0.25, 0.3) is 5.91 Å². The molecule has 0 spiro atoms. The maximum Gasteiger partial charge on any atom is 0.286 e. The van der Waals surface area contributed by atoms with Crippen molar-refractivity contribution in [3.8, 4) is 0 Å². The van der Waals surface area contributed by atoms with Crippen LogP contribution in [-0.2, 0) is 9.59 Å². The zero-order valence-corrected chi connectivity index (χ0v) is 6.37. The molecule has 7 heteroatoms. The fourth-order valence-corrected chi connectivity index (χ4v) is 0.478. The van der Waals surface area contributed by atoms with E-state index in [0.717, 1.165) is 0 Å². The van der Waals surface area contributed by atoms with E-state index >= 15 is 0 Å². The van der Waals surface area contributed by atoms with Gasteiger partial charge in [-0.1, -0.05) is 0 Å². The second-order valence-corrected chi connectivity index (χ2v) is 1.91. The van der Waals surface area contributed by atoms with Gasteiger partial charge in [0, 0.05) is 18.0 Å². The third-order valence-corrected chi connectivity index (χ3v) is 0.998. The van der Waals surface area contributed by atoms with Gasteiger partial charge in [0.2, 0.25) is 5.91 Å². The average Bonchev–Trinajstić information content (AvgIpc) is 2.10. The molecule has 0 heterocycles. The third-order valence-electron chi connectivity index (χ3n) is 0.998. The molecule has 0 aliphatic heterocycles. The van der Waals surface area contributed by atoms with Gasteiger partial charge < -0.3 is 5.73 Å². The summed E-state index contributed by atoms with van der Waals surface area (Å²) in [5, 5.41) is 2.13. The molecular weight excluding hydrogens is 164 g/mol. The van der Waals surface area contributed by atoms with Crippen LogP contribution in [0.25, 0.3) is 0 Å². The Morgan fingerprint density at radius 3 is 2.50 bits per heavy atom. The number of nitrogens with one attached hydrogen (secondary N) is 2.